The molecule has 1 aromatic heterocycles. The summed E-state index contributed by atoms with van der Waals surface area (Å²) in [6.07, 6.45) is 1.73. The molecule has 2 heterocycles. The Morgan fingerprint density at radius 2 is 1.72 bits per heavy atom. The standard InChI is InChI=1S/C31H24I2N4O8S/c1-4-44-30(39)26-17(3)34-31-35(27(26)20-8-5-16(2)24(14-20)37(42)43)29(38)25(46-31)13-19-11-22(32)28(23(33)12-19)45-15-18-6-9-21(10-7-18)36(40)41/h5-14,27H,4,15H2,1-3H3/b25-13+/t27-/m0/s1. The van der Waals surface area contributed by atoms with Gasteiger partial charge in [-0.15, -0.1) is 0 Å². The third kappa shape index (κ3) is 6.75. The van der Waals surface area contributed by atoms with Crippen LogP contribution in [0.5, 0.6) is 5.75 Å². The lowest BCUT2D eigenvalue weighted by Crippen LogP contribution is -2.40. The summed E-state index contributed by atoms with van der Waals surface area (Å²) in [4.78, 5) is 53.8. The molecule has 236 valence electrons. The highest BCUT2D eigenvalue weighted by Crippen LogP contribution is 2.34. The van der Waals surface area contributed by atoms with E-state index in [1.807, 2.05) is 12.1 Å². The van der Waals surface area contributed by atoms with Crippen LogP contribution in [0.4, 0.5) is 11.4 Å². The Hall–Kier alpha value is -3.97. The number of hydrogen-bond donors (Lipinski definition) is 0. The van der Waals surface area contributed by atoms with E-state index in [0.29, 0.717) is 31.9 Å². The molecule has 0 N–H and O–H groups in total. The minimum Gasteiger partial charge on any atom is -0.487 e. The number of aromatic nitrogens is 1. The topological polar surface area (TPSA) is 156 Å². The van der Waals surface area contributed by atoms with Crippen LogP contribution < -0.4 is 19.6 Å². The summed E-state index contributed by atoms with van der Waals surface area (Å²) in [6, 6.07) is 13.5. The number of esters is 1. The van der Waals surface area contributed by atoms with Crippen molar-refractivity contribution in [2.45, 2.75) is 33.4 Å². The first kappa shape index (κ1) is 33.4. The Morgan fingerprint density at radius 3 is 2.33 bits per heavy atom. The summed E-state index contributed by atoms with van der Waals surface area (Å²) in [7, 11) is 0. The molecule has 12 nitrogen and oxygen atoms in total. The van der Waals surface area contributed by atoms with Gasteiger partial charge in [0.15, 0.2) is 4.80 Å². The molecule has 1 atom stereocenters. The Balaban J connectivity index is 1.55. The van der Waals surface area contributed by atoms with Crippen molar-refractivity contribution in [2.75, 3.05) is 6.61 Å². The number of thiazole rings is 1. The number of benzene rings is 3. The number of nitro groups is 2. The SMILES string of the molecule is CCOC(=O)C1=C(C)N=c2s/c(=C/c3cc(I)c(OCc4ccc([N+](=O)[O-])cc4)c(I)c3)c(=O)n2[C@H]1c1ccc(C)c([N+](=O)[O-])c1. The number of fused-ring (bicyclic) bond motifs is 1. The minimum atomic E-state index is -0.979. The zero-order chi connectivity index (χ0) is 33.3. The Bertz CT molecular complexity index is 2100. The number of rotatable bonds is 9. The zero-order valence-corrected chi connectivity index (χ0v) is 29.6. The van der Waals surface area contributed by atoms with Crippen molar-refractivity contribution in [3.63, 3.8) is 0 Å². The molecule has 0 unspecified atom stereocenters. The van der Waals surface area contributed by atoms with Crippen LogP contribution in [0, 0.1) is 34.3 Å². The van der Waals surface area contributed by atoms with Gasteiger partial charge in [0.25, 0.3) is 16.9 Å². The molecule has 3 aromatic carbocycles. The number of nitro benzene ring substituents is 2. The summed E-state index contributed by atoms with van der Waals surface area (Å²) >= 11 is 5.45. The second kappa shape index (κ2) is 13.8. The number of carbonyl (C=O) groups excluding carboxylic acids is 1. The van der Waals surface area contributed by atoms with E-state index in [1.165, 1.54) is 22.8 Å². The van der Waals surface area contributed by atoms with Gasteiger partial charge in [0.1, 0.15) is 12.4 Å². The average molecular weight is 866 g/mol. The summed E-state index contributed by atoms with van der Waals surface area (Å²) in [5, 5.41) is 22.7. The lowest BCUT2D eigenvalue weighted by Gasteiger charge is -2.24. The van der Waals surface area contributed by atoms with Gasteiger partial charge in [0.2, 0.25) is 0 Å². The number of carbonyl (C=O) groups is 1. The monoisotopic (exact) mass is 866 g/mol. The van der Waals surface area contributed by atoms with Crippen molar-refractivity contribution in [3.8, 4) is 5.75 Å². The van der Waals surface area contributed by atoms with Gasteiger partial charge in [-0.25, -0.2) is 9.79 Å². The number of non-ortho nitro benzene ring substituents is 1. The van der Waals surface area contributed by atoms with E-state index in [2.05, 4.69) is 50.2 Å². The number of halogens is 2. The number of allylic oxidation sites excluding steroid dienone is 1. The summed E-state index contributed by atoms with van der Waals surface area (Å²) in [5.41, 5.74) is 2.30. The van der Waals surface area contributed by atoms with Crippen molar-refractivity contribution in [1.29, 1.82) is 0 Å². The number of nitrogens with zero attached hydrogens (tertiary/aromatic N) is 4. The van der Waals surface area contributed by atoms with Crippen LogP contribution in [0.3, 0.4) is 0 Å². The maximum absolute atomic E-state index is 14.0. The third-order valence-electron chi connectivity index (χ3n) is 7.11. The highest BCUT2D eigenvalue weighted by molar-refractivity contribution is 14.1. The first-order chi connectivity index (χ1) is 21.9. The van der Waals surface area contributed by atoms with Crippen LogP contribution in [0.25, 0.3) is 6.08 Å². The molecule has 1 aliphatic rings. The molecule has 0 saturated heterocycles. The summed E-state index contributed by atoms with van der Waals surface area (Å²) in [5.74, 6) is -0.0199. The normalized spacial score (nSPS) is 14.5. The Labute approximate surface area is 292 Å². The van der Waals surface area contributed by atoms with E-state index < -0.39 is 27.4 Å². The number of ether oxygens (including phenoxy) is 2. The maximum atomic E-state index is 14.0. The molecule has 15 heteroatoms. The predicted molar refractivity (Wildman–Crippen MR) is 188 cm³/mol. The molecule has 0 bridgehead atoms. The molecule has 46 heavy (non-hydrogen) atoms. The highest BCUT2D eigenvalue weighted by atomic mass is 127. The molecular weight excluding hydrogens is 842 g/mol. The molecule has 5 rings (SSSR count). The van der Waals surface area contributed by atoms with Gasteiger partial charge in [-0.05, 0) is 113 Å². The van der Waals surface area contributed by atoms with Crippen LogP contribution in [-0.2, 0) is 16.1 Å². The maximum Gasteiger partial charge on any atom is 0.338 e. The predicted octanol–water partition coefficient (Wildman–Crippen LogP) is 5.71. The van der Waals surface area contributed by atoms with Gasteiger partial charge in [-0.1, -0.05) is 23.5 Å². The second-order valence-corrected chi connectivity index (χ2v) is 13.5. The number of aryl methyl sites for hydroxylation is 1. The van der Waals surface area contributed by atoms with Crippen LogP contribution in [0.1, 0.15) is 42.1 Å². The average Bonchev–Trinajstić information content (AvgIpc) is 3.30. The lowest BCUT2D eigenvalue weighted by molar-refractivity contribution is -0.385. The molecule has 0 amide bonds. The van der Waals surface area contributed by atoms with E-state index in [9.17, 15) is 29.8 Å². The van der Waals surface area contributed by atoms with Crippen LogP contribution in [-0.4, -0.2) is 27.0 Å². The van der Waals surface area contributed by atoms with Crippen LogP contribution in [0.15, 0.2) is 75.7 Å². The molecule has 0 fully saturated rings. The zero-order valence-electron chi connectivity index (χ0n) is 24.5. The van der Waals surface area contributed by atoms with E-state index in [0.717, 1.165) is 29.6 Å². The fourth-order valence-electron chi connectivity index (χ4n) is 4.92. The molecular formula is C31H24I2N4O8S. The van der Waals surface area contributed by atoms with E-state index >= 15 is 0 Å². The molecule has 0 radical (unpaired) electrons. The second-order valence-electron chi connectivity index (χ2n) is 10.1. The van der Waals surface area contributed by atoms with Crippen molar-refractivity contribution >= 4 is 79.9 Å². The minimum absolute atomic E-state index is 0.00122. The quantitative estimate of drug-likeness (QED) is 0.0897. The van der Waals surface area contributed by atoms with Gasteiger partial charge in [0.05, 0.1) is 45.4 Å². The van der Waals surface area contributed by atoms with Gasteiger partial charge in [-0.2, -0.15) is 0 Å². The van der Waals surface area contributed by atoms with Crippen molar-refractivity contribution in [3.05, 3.63) is 135 Å². The Kier molecular flexibility index (Phi) is 10.0. The van der Waals surface area contributed by atoms with Crippen molar-refractivity contribution in [1.82, 2.24) is 4.57 Å². The fourth-order valence-corrected chi connectivity index (χ4v) is 8.10. The van der Waals surface area contributed by atoms with Crippen LogP contribution >= 0.6 is 56.5 Å². The van der Waals surface area contributed by atoms with Crippen LogP contribution in [0.2, 0.25) is 0 Å². The first-order valence-electron chi connectivity index (χ1n) is 13.7. The fraction of sp³-hybridized carbons (Fsp3) is 0.194. The van der Waals surface area contributed by atoms with Crippen molar-refractivity contribution in [2.24, 2.45) is 4.99 Å². The van der Waals surface area contributed by atoms with E-state index in [-0.39, 0.29) is 30.2 Å². The molecule has 0 aliphatic carbocycles. The number of hydrogen-bond acceptors (Lipinski definition) is 10. The highest BCUT2D eigenvalue weighted by Gasteiger charge is 2.34. The van der Waals surface area contributed by atoms with E-state index in [1.54, 1.807) is 51.1 Å². The van der Waals surface area contributed by atoms with Gasteiger partial charge >= 0.3 is 5.97 Å². The van der Waals surface area contributed by atoms with Gasteiger partial charge in [-0.3, -0.25) is 29.6 Å². The molecule has 0 saturated carbocycles. The molecule has 0 spiro atoms. The largest absolute Gasteiger partial charge is 0.487 e. The van der Waals surface area contributed by atoms with Crippen molar-refractivity contribution < 1.29 is 24.1 Å². The first-order valence-corrected chi connectivity index (χ1v) is 16.7. The van der Waals surface area contributed by atoms with Gasteiger partial charge < -0.3 is 9.47 Å². The molecule has 4 aromatic rings. The molecule has 1 aliphatic heterocycles. The summed E-state index contributed by atoms with van der Waals surface area (Å²) in [6.45, 7) is 5.25. The lowest BCUT2D eigenvalue weighted by atomic mass is 9.94. The van der Waals surface area contributed by atoms with Gasteiger partial charge in [0, 0.05) is 23.8 Å². The Morgan fingerprint density at radius 1 is 1.04 bits per heavy atom. The smallest absolute Gasteiger partial charge is 0.338 e. The summed E-state index contributed by atoms with van der Waals surface area (Å²) < 4.78 is 14.7. The van der Waals surface area contributed by atoms with E-state index in [4.69, 9.17) is 9.47 Å². The third-order valence-corrected chi connectivity index (χ3v) is 9.70.